The predicted octanol–water partition coefficient (Wildman–Crippen LogP) is 2.87. The minimum atomic E-state index is -0.00347. The van der Waals surface area contributed by atoms with Crippen LogP contribution in [0.4, 0.5) is 0 Å². The quantitative estimate of drug-likeness (QED) is 0.677. The summed E-state index contributed by atoms with van der Waals surface area (Å²) >= 11 is 0. The standard InChI is InChI=1S/C10H13O2/c1-8(2)7-12-10-5-3-4-9(11)6-10/h3-6,8H,7H2,1-2H3. The lowest BCUT2D eigenvalue weighted by Crippen LogP contribution is -2.03. The molecular weight excluding hydrogens is 152 g/mol. The van der Waals surface area contributed by atoms with E-state index in [-0.39, 0.29) is 5.75 Å². The van der Waals surface area contributed by atoms with E-state index >= 15 is 0 Å². The Balaban J connectivity index is 2.52. The van der Waals surface area contributed by atoms with E-state index in [1.165, 1.54) is 12.1 Å². The van der Waals surface area contributed by atoms with Crippen LogP contribution >= 0.6 is 0 Å². The van der Waals surface area contributed by atoms with Crippen molar-refractivity contribution in [3.63, 3.8) is 0 Å². The van der Waals surface area contributed by atoms with Gasteiger partial charge < -0.3 is 4.74 Å². The normalized spacial score (nSPS) is 10.2. The van der Waals surface area contributed by atoms with E-state index in [0.717, 1.165) is 0 Å². The van der Waals surface area contributed by atoms with Crippen LogP contribution in [0.5, 0.6) is 11.5 Å². The Morgan fingerprint density at radius 1 is 1.42 bits per heavy atom. The van der Waals surface area contributed by atoms with Gasteiger partial charge in [0.1, 0.15) is 5.75 Å². The van der Waals surface area contributed by atoms with Gasteiger partial charge in [-0.25, -0.2) is 0 Å². The van der Waals surface area contributed by atoms with Gasteiger partial charge in [0, 0.05) is 6.07 Å². The van der Waals surface area contributed by atoms with Gasteiger partial charge in [0.15, 0.2) is 5.75 Å². The van der Waals surface area contributed by atoms with Crippen LogP contribution in [0.1, 0.15) is 13.8 Å². The zero-order chi connectivity index (χ0) is 8.97. The van der Waals surface area contributed by atoms with Gasteiger partial charge in [-0.15, -0.1) is 0 Å². The molecule has 1 rings (SSSR count). The Bertz CT molecular complexity index is 243. The van der Waals surface area contributed by atoms with Crippen molar-refractivity contribution in [2.45, 2.75) is 13.8 Å². The maximum absolute atomic E-state index is 10.9. The second-order valence-electron chi connectivity index (χ2n) is 3.18. The van der Waals surface area contributed by atoms with E-state index in [2.05, 4.69) is 13.8 Å². The van der Waals surface area contributed by atoms with Crippen LogP contribution in [0, 0.1) is 5.92 Å². The second-order valence-corrected chi connectivity index (χ2v) is 3.18. The zero-order valence-corrected chi connectivity index (χ0v) is 7.41. The molecule has 1 aromatic rings. The number of benzene rings is 1. The minimum Gasteiger partial charge on any atom is -0.493 e. The van der Waals surface area contributed by atoms with Crippen LogP contribution in [-0.4, -0.2) is 6.61 Å². The summed E-state index contributed by atoms with van der Waals surface area (Å²) in [6, 6.07) is 6.52. The monoisotopic (exact) mass is 165 g/mol. The van der Waals surface area contributed by atoms with Crippen LogP contribution in [0.25, 0.3) is 0 Å². The molecule has 0 amide bonds. The van der Waals surface area contributed by atoms with Crippen LogP contribution in [-0.2, 0) is 5.11 Å². The molecule has 0 aliphatic heterocycles. The van der Waals surface area contributed by atoms with Crippen LogP contribution in [0.3, 0.4) is 0 Å². The average Bonchev–Trinajstić information content (AvgIpc) is 2.01. The Kier molecular flexibility index (Phi) is 2.97. The van der Waals surface area contributed by atoms with Gasteiger partial charge in [-0.3, -0.25) is 5.11 Å². The molecule has 0 unspecified atom stereocenters. The molecule has 0 N–H and O–H groups in total. The topological polar surface area (TPSA) is 29.1 Å². The molecule has 0 spiro atoms. The first-order valence-corrected chi connectivity index (χ1v) is 4.08. The zero-order valence-electron chi connectivity index (χ0n) is 7.41. The molecule has 0 saturated carbocycles. The fraction of sp³-hybridized carbons (Fsp3) is 0.400. The molecule has 0 bridgehead atoms. The molecule has 0 aliphatic carbocycles. The van der Waals surface area contributed by atoms with Crippen molar-refractivity contribution in [1.82, 2.24) is 0 Å². The third-order valence-corrected chi connectivity index (χ3v) is 1.39. The van der Waals surface area contributed by atoms with E-state index < -0.39 is 0 Å². The van der Waals surface area contributed by atoms with E-state index in [9.17, 15) is 5.11 Å². The molecule has 2 nitrogen and oxygen atoms in total. The lowest BCUT2D eigenvalue weighted by atomic mass is 10.2. The summed E-state index contributed by atoms with van der Waals surface area (Å²) in [6.45, 7) is 4.80. The van der Waals surface area contributed by atoms with E-state index in [0.29, 0.717) is 18.3 Å². The van der Waals surface area contributed by atoms with Crippen molar-refractivity contribution >= 4 is 0 Å². The highest BCUT2D eigenvalue weighted by atomic mass is 16.5. The predicted molar refractivity (Wildman–Crippen MR) is 46.9 cm³/mol. The molecule has 1 radical (unpaired) electrons. The first-order valence-electron chi connectivity index (χ1n) is 4.08. The molecule has 0 atom stereocenters. The Morgan fingerprint density at radius 2 is 2.17 bits per heavy atom. The van der Waals surface area contributed by atoms with Crippen molar-refractivity contribution in [2.75, 3.05) is 6.61 Å². The van der Waals surface area contributed by atoms with Gasteiger partial charge >= 0.3 is 0 Å². The Hall–Kier alpha value is -1.18. The van der Waals surface area contributed by atoms with Crippen molar-refractivity contribution in [3.05, 3.63) is 24.3 Å². The SMILES string of the molecule is CC(C)COc1cccc([O])c1. The maximum atomic E-state index is 10.9. The van der Waals surface area contributed by atoms with Crippen LogP contribution in [0.2, 0.25) is 0 Å². The first kappa shape index (κ1) is 8.91. The van der Waals surface area contributed by atoms with E-state index in [1.54, 1.807) is 12.1 Å². The highest BCUT2D eigenvalue weighted by Crippen LogP contribution is 2.18. The van der Waals surface area contributed by atoms with Gasteiger partial charge in [0.25, 0.3) is 0 Å². The number of hydrogen-bond acceptors (Lipinski definition) is 1. The summed E-state index contributed by atoms with van der Waals surface area (Å²) in [7, 11) is 0. The molecule has 0 fully saturated rings. The summed E-state index contributed by atoms with van der Waals surface area (Å²) in [5.74, 6) is 1.15. The summed E-state index contributed by atoms with van der Waals surface area (Å²) in [5.41, 5.74) is 0. The van der Waals surface area contributed by atoms with Gasteiger partial charge in [0.2, 0.25) is 0 Å². The second kappa shape index (κ2) is 4.00. The molecular formula is C10H13O2. The molecule has 0 saturated heterocycles. The van der Waals surface area contributed by atoms with Crippen molar-refractivity contribution in [3.8, 4) is 11.5 Å². The molecule has 0 aromatic heterocycles. The molecule has 12 heavy (non-hydrogen) atoms. The molecule has 2 heteroatoms. The van der Waals surface area contributed by atoms with Gasteiger partial charge in [-0.05, 0) is 18.1 Å². The van der Waals surface area contributed by atoms with E-state index in [4.69, 9.17) is 4.74 Å². The first-order chi connectivity index (χ1) is 5.68. The van der Waals surface area contributed by atoms with Gasteiger partial charge in [0.05, 0.1) is 6.61 Å². The van der Waals surface area contributed by atoms with Crippen molar-refractivity contribution < 1.29 is 9.84 Å². The molecule has 0 heterocycles. The number of rotatable bonds is 3. The lowest BCUT2D eigenvalue weighted by molar-refractivity contribution is 0.268. The fourth-order valence-corrected chi connectivity index (χ4v) is 0.827. The van der Waals surface area contributed by atoms with E-state index in [1.807, 2.05) is 0 Å². The fourth-order valence-electron chi connectivity index (χ4n) is 0.827. The molecule has 1 aromatic carbocycles. The summed E-state index contributed by atoms with van der Waals surface area (Å²) < 4.78 is 5.35. The third-order valence-electron chi connectivity index (χ3n) is 1.39. The summed E-state index contributed by atoms with van der Waals surface area (Å²) in [5, 5.41) is 10.9. The number of ether oxygens (including phenoxy) is 1. The lowest BCUT2D eigenvalue weighted by Gasteiger charge is -2.07. The van der Waals surface area contributed by atoms with Crippen LogP contribution < -0.4 is 4.74 Å². The minimum absolute atomic E-state index is 0.00347. The van der Waals surface area contributed by atoms with Crippen molar-refractivity contribution in [2.24, 2.45) is 5.92 Å². The Morgan fingerprint density at radius 3 is 2.75 bits per heavy atom. The van der Waals surface area contributed by atoms with Crippen molar-refractivity contribution in [1.29, 1.82) is 0 Å². The summed E-state index contributed by atoms with van der Waals surface area (Å²) in [6.07, 6.45) is 0. The van der Waals surface area contributed by atoms with Crippen LogP contribution in [0.15, 0.2) is 24.3 Å². The average molecular weight is 165 g/mol. The Labute approximate surface area is 72.8 Å². The highest BCUT2D eigenvalue weighted by Gasteiger charge is 1.97. The maximum Gasteiger partial charge on any atom is 0.182 e. The summed E-state index contributed by atoms with van der Waals surface area (Å²) in [4.78, 5) is 0. The molecule has 0 aliphatic rings. The highest BCUT2D eigenvalue weighted by molar-refractivity contribution is 5.31. The van der Waals surface area contributed by atoms with Gasteiger partial charge in [-0.2, -0.15) is 0 Å². The smallest absolute Gasteiger partial charge is 0.182 e. The largest absolute Gasteiger partial charge is 0.493 e. The molecule has 65 valence electrons. The third kappa shape index (κ3) is 2.82. The number of hydrogen-bond donors (Lipinski definition) is 0. The van der Waals surface area contributed by atoms with Gasteiger partial charge in [-0.1, -0.05) is 19.9 Å².